The van der Waals surface area contributed by atoms with Crippen molar-refractivity contribution in [3.05, 3.63) is 25.9 Å². The van der Waals surface area contributed by atoms with E-state index in [2.05, 4.69) is 53.7 Å². The molecule has 0 aliphatic carbocycles. The molecule has 1 aromatic heterocycles. The van der Waals surface area contributed by atoms with E-state index in [1.807, 2.05) is 6.92 Å². The molecule has 0 amide bonds. The van der Waals surface area contributed by atoms with Crippen LogP contribution in [0.3, 0.4) is 0 Å². The van der Waals surface area contributed by atoms with Crippen molar-refractivity contribution in [2.24, 2.45) is 5.92 Å². The molecule has 0 saturated carbocycles. The van der Waals surface area contributed by atoms with E-state index in [0.717, 1.165) is 12.2 Å². The number of halogens is 1. The van der Waals surface area contributed by atoms with Crippen molar-refractivity contribution in [3.63, 3.8) is 0 Å². The highest BCUT2D eigenvalue weighted by Gasteiger charge is 2.09. The molecule has 0 aliphatic heterocycles. The summed E-state index contributed by atoms with van der Waals surface area (Å²) in [6.07, 6.45) is 1.64. The van der Waals surface area contributed by atoms with Gasteiger partial charge in [-0.3, -0.25) is 9.36 Å². The predicted molar refractivity (Wildman–Crippen MR) is 78.3 cm³/mol. The average Bonchev–Trinajstić information content (AvgIpc) is 2.27. The number of rotatable bonds is 5. The molecule has 0 bridgehead atoms. The van der Waals surface area contributed by atoms with Crippen molar-refractivity contribution in [3.8, 4) is 0 Å². The molecule has 1 rings (SSSR count). The van der Waals surface area contributed by atoms with Crippen LogP contribution in [0, 0.1) is 16.4 Å². The number of aryl methyl sites for hydroxylation is 1. The second-order valence-corrected chi connectivity index (χ2v) is 5.85. The molecular weight excluding hydrogens is 329 g/mol. The molecule has 0 aromatic carbocycles. The second kappa shape index (κ2) is 6.49. The molecule has 4 nitrogen and oxygen atoms in total. The highest BCUT2D eigenvalue weighted by molar-refractivity contribution is 14.1. The van der Waals surface area contributed by atoms with Crippen LogP contribution in [-0.4, -0.2) is 22.1 Å². The first-order chi connectivity index (χ1) is 7.91. The standard InChI is InChI=1S/C12H20IN3O/c1-8(2)14-5-9(3)6-16-7-15-10(4)11(13)12(16)17/h7-9,14H,5-6H2,1-4H3. The minimum Gasteiger partial charge on any atom is -0.314 e. The molecule has 0 fully saturated rings. The van der Waals surface area contributed by atoms with Crippen molar-refractivity contribution in [1.29, 1.82) is 0 Å². The van der Waals surface area contributed by atoms with E-state index in [1.165, 1.54) is 0 Å². The third-order valence-electron chi connectivity index (χ3n) is 2.54. The summed E-state index contributed by atoms with van der Waals surface area (Å²) in [4.78, 5) is 16.2. The van der Waals surface area contributed by atoms with E-state index in [-0.39, 0.29) is 5.56 Å². The lowest BCUT2D eigenvalue weighted by molar-refractivity contribution is 0.417. The lowest BCUT2D eigenvalue weighted by Gasteiger charge is -2.16. The molecule has 1 N–H and O–H groups in total. The summed E-state index contributed by atoms with van der Waals surface area (Å²) < 4.78 is 2.41. The molecule has 0 spiro atoms. The van der Waals surface area contributed by atoms with Crippen LogP contribution in [0.15, 0.2) is 11.1 Å². The topological polar surface area (TPSA) is 46.9 Å². The summed E-state index contributed by atoms with van der Waals surface area (Å²) in [6, 6.07) is 0.477. The van der Waals surface area contributed by atoms with E-state index in [4.69, 9.17) is 0 Å². The maximum absolute atomic E-state index is 12.0. The molecule has 1 aromatic rings. The summed E-state index contributed by atoms with van der Waals surface area (Å²) in [7, 11) is 0. The molecule has 0 radical (unpaired) electrons. The average molecular weight is 349 g/mol. The van der Waals surface area contributed by atoms with E-state index < -0.39 is 0 Å². The minimum atomic E-state index is 0.0643. The van der Waals surface area contributed by atoms with E-state index in [0.29, 0.717) is 22.1 Å². The Kier molecular flexibility index (Phi) is 5.58. The second-order valence-electron chi connectivity index (χ2n) is 4.77. The summed E-state index contributed by atoms with van der Waals surface area (Å²) in [5.41, 5.74) is 0.870. The van der Waals surface area contributed by atoms with Crippen molar-refractivity contribution in [2.45, 2.75) is 40.3 Å². The molecule has 17 heavy (non-hydrogen) atoms. The Hall–Kier alpha value is -0.430. The zero-order chi connectivity index (χ0) is 13.0. The maximum atomic E-state index is 12.0. The van der Waals surface area contributed by atoms with Gasteiger partial charge in [0.25, 0.3) is 5.56 Å². The molecule has 1 atom stereocenters. The van der Waals surface area contributed by atoms with Gasteiger partial charge in [-0.05, 0) is 42.0 Å². The quantitative estimate of drug-likeness (QED) is 0.825. The van der Waals surface area contributed by atoms with Gasteiger partial charge in [-0.1, -0.05) is 20.8 Å². The zero-order valence-corrected chi connectivity index (χ0v) is 13.0. The fourth-order valence-corrected chi connectivity index (χ4v) is 1.96. The number of nitrogens with zero attached hydrogens (tertiary/aromatic N) is 2. The van der Waals surface area contributed by atoms with Crippen LogP contribution in [0.1, 0.15) is 26.5 Å². The third kappa shape index (κ3) is 4.39. The monoisotopic (exact) mass is 349 g/mol. The number of hydrogen-bond acceptors (Lipinski definition) is 3. The molecule has 96 valence electrons. The van der Waals surface area contributed by atoms with Gasteiger partial charge < -0.3 is 5.32 Å². The van der Waals surface area contributed by atoms with Crippen LogP contribution in [-0.2, 0) is 6.54 Å². The van der Waals surface area contributed by atoms with Gasteiger partial charge in [0.05, 0.1) is 15.6 Å². The molecular formula is C12H20IN3O. The Balaban J connectivity index is 2.69. The van der Waals surface area contributed by atoms with Crippen LogP contribution in [0.5, 0.6) is 0 Å². The lowest BCUT2D eigenvalue weighted by Crippen LogP contribution is -2.33. The Morgan fingerprint density at radius 1 is 1.47 bits per heavy atom. The SMILES string of the molecule is Cc1ncn(CC(C)CNC(C)C)c(=O)c1I. The summed E-state index contributed by atoms with van der Waals surface area (Å²) in [5, 5.41) is 3.37. The molecule has 1 unspecified atom stereocenters. The highest BCUT2D eigenvalue weighted by Crippen LogP contribution is 2.03. The van der Waals surface area contributed by atoms with Gasteiger partial charge >= 0.3 is 0 Å². The first-order valence-corrected chi connectivity index (χ1v) is 6.94. The fraction of sp³-hybridized carbons (Fsp3) is 0.667. The number of aromatic nitrogens is 2. The summed E-state index contributed by atoms with van der Waals surface area (Å²) >= 11 is 2.06. The molecule has 0 saturated heterocycles. The van der Waals surface area contributed by atoms with Gasteiger partial charge in [0.15, 0.2) is 0 Å². The zero-order valence-electron chi connectivity index (χ0n) is 10.8. The Bertz CT molecular complexity index is 428. The van der Waals surface area contributed by atoms with Crippen molar-refractivity contribution in [2.75, 3.05) is 6.54 Å². The largest absolute Gasteiger partial charge is 0.314 e. The van der Waals surface area contributed by atoms with E-state index >= 15 is 0 Å². The van der Waals surface area contributed by atoms with Gasteiger partial charge in [-0.15, -0.1) is 0 Å². The number of hydrogen-bond donors (Lipinski definition) is 1. The molecule has 0 aliphatic rings. The number of nitrogens with one attached hydrogen (secondary N) is 1. The predicted octanol–water partition coefficient (Wildman–Crippen LogP) is 1.79. The summed E-state index contributed by atoms with van der Waals surface area (Å²) in [5.74, 6) is 0.412. The normalized spacial score (nSPS) is 13.1. The lowest BCUT2D eigenvalue weighted by atomic mass is 10.1. The van der Waals surface area contributed by atoms with Gasteiger partial charge in [-0.25, -0.2) is 4.98 Å². The summed E-state index contributed by atoms with van der Waals surface area (Å²) in [6.45, 7) is 9.85. The van der Waals surface area contributed by atoms with Crippen molar-refractivity contribution in [1.82, 2.24) is 14.9 Å². The van der Waals surface area contributed by atoms with E-state index in [1.54, 1.807) is 10.9 Å². The van der Waals surface area contributed by atoms with Gasteiger partial charge in [0.2, 0.25) is 0 Å². The fourth-order valence-electron chi connectivity index (χ4n) is 1.51. The Morgan fingerprint density at radius 3 is 2.71 bits per heavy atom. The van der Waals surface area contributed by atoms with Crippen LogP contribution in [0.4, 0.5) is 0 Å². The Labute approximate surface area is 116 Å². The third-order valence-corrected chi connectivity index (χ3v) is 3.78. The van der Waals surface area contributed by atoms with E-state index in [9.17, 15) is 4.79 Å². The minimum absolute atomic E-state index is 0.0643. The van der Waals surface area contributed by atoms with Gasteiger partial charge in [0.1, 0.15) is 0 Å². The van der Waals surface area contributed by atoms with Gasteiger partial charge in [-0.2, -0.15) is 0 Å². The molecule has 1 heterocycles. The van der Waals surface area contributed by atoms with Crippen molar-refractivity contribution < 1.29 is 0 Å². The first kappa shape index (κ1) is 14.6. The smallest absolute Gasteiger partial charge is 0.267 e. The maximum Gasteiger partial charge on any atom is 0.267 e. The first-order valence-electron chi connectivity index (χ1n) is 5.86. The highest BCUT2D eigenvalue weighted by atomic mass is 127. The van der Waals surface area contributed by atoms with Crippen LogP contribution >= 0.6 is 22.6 Å². The van der Waals surface area contributed by atoms with Crippen LogP contribution in [0.2, 0.25) is 0 Å². The van der Waals surface area contributed by atoms with Crippen molar-refractivity contribution >= 4 is 22.6 Å². The molecule has 5 heteroatoms. The van der Waals surface area contributed by atoms with Gasteiger partial charge in [0, 0.05) is 12.6 Å². The van der Waals surface area contributed by atoms with Crippen LogP contribution < -0.4 is 10.9 Å². The van der Waals surface area contributed by atoms with Crippen LogP contribution in [0.25, 0.3) is 0 Å². The Morgan fingerprint density at radius 2 is 2.12 bits per heavy atom.